The minimum atomic E-state index is -3.57. The topological polar surface area (TPSA) is 92.4 Å². The van der Waals surface area contributed by atoms with Crippen LogP contribution >= 0.6 is 0 Å². The first-order valence-corrected chi connectivity index (χ1v) is 6.35. The van der Waals surface area contributed by atoms with Crippen molar-refractivity contribution < 1.29 is 13.5 Å². The van der Waals surface area contributed by atoms with Crippen LogP contribution in [0.15, 0.2) is 23.1 Å². The van der Waals surface area contributed by atoms with Gasteiger partial charge in [-0.15, -0.1) is 0 Å². The number of benzene rings is 1. The molecular weight excluding hydrogens is 228 g/mol. The number of hydrogen-bond acceptors (Lipinski definition) is 4. The normalized spacial score (nSPS) is 13.7. The van der Waals surface area contributed by atoms with Crippen LogP contribution < -0.4 is 10.5 Å². The van der Waals surface area contributed by atoms with Gasteiger partial charge < -0.3 is 10.8 Å². The monoisotopic (exact) mass is 244 g/mol. The van der Waals surface area contributed by atoms with Gasteiger partial charge in [-0.1, -0.05) is 0 Å². The molecule has 0 amide bonds. The molecule has 0 spiro atoms. The van der Waals surface area contributed by atoms with Crippen molar-refractivity contribution in [2.24, 2.45) is 0 Å². The van der Waals surface area contributed by atoms with Crippen LogP contribution in [-0.4, -0.2) is 26.2 Å². The second-order valence-corrected chi connectivity index (χ2v) is 5.46. The third-order valence-corrected chi connectivity index (χ3v) is 3.64. The van der Waals surface area contributed by atoms with Crippen molar-refractivity contribution in [1.29, 1.82) is 0 Å². The lowest BCUT2D eigenvalue weighted by atomic mass is 10.2. The van der Waals surface area contributed by atoms with Gasteiger partial charge in [0.25, 0.3) is 0 Å². The summed E-state index contributed by atoms with van der Waals surface area (Å²) >= 11 is 0. The molecule has 0 unspecified atom stereocenters. The van der Waals surface area contributed by atoms with Gasteiger partial charge in [0, 0.05) is 12.2 Å². The Kier molecular flexibility index (Phi) is 3.90. The van der Waals surface area contributed by atoms with E-state index in [4.69, 9.17) is 10.8 Å². The molecule has 0 aliphatic carbocycles. The number of hydrogen-bond donors (Lipinski definition) is 3. The number of aliphatic hydroxyl groups excluding tert-OH is 1. The molecule has 0 aromatic heterocycles. The van der Waals surface area contributed by atoms with Crippen molar-refractivity contribution in [2.75, 3.05) is 12.3 Å². The number of nitrogens with two attached hydrogens (primary N) is 1. The van der Waals surface area contributed by atoms with Crippen LogP contribution in [0.3, 0.4) is 0 Å². The Morgan fingerprint density at radius 3 is 2.62 bits per heavy atom. The Morgan fingerprint density at radius 2 is 2.12 bits per heavy atom. The van der Waals surface area contributed by atoms with E-state index in [1.165, 1.54) is 19.1 Å². The average molecular weight is 244 g/mol. The Balaban J connectivity index is 2.99. The van der Waals surface area contributed by atoms with Crippen LogP contribution in [0.2, 0.25) is 0 Å². The summed E-state index contributed by atoms with van der Waals surface area (Å²) in [6.07, 6.45) is -0.719. The van der Waals surface area contributed by atoms with E-state index >= 15 is 0 Å². The molecule has 4 N–H and O–H groups in total. The third kappa shape index (κ3) is 3.19. The van der Waals surface area contributed by atoms with Gasteiger partial charge >= 0.3 is 0 Å². The smallest absolute Gasteiger partial charge is 0.240 e. The molecule has 0 saturated carbocycles. The van der Waals surface area contributed by atoms with Gasteiger partial charge in [-0.25, -0.2) is 13.1 Å². The number of nitrogens with one attached hydrogen (secondary N) is 1. The maximum atomic E-state index is 11.8. The lowest BCUT2D eigenvalue weighted by Gasteiger charge is -2.10. The van der Waals surface area contributed by atoms with Crippen LogP contribution in [-0.2, 0) is 10.0 Å². The number of nitrogen functional groups attached to an aromatic ring is 1. The molecule has 0 heterocycles. The fourth-order valence-electron chi connectivity index (χ4n) is 1.28. The van der Waals surface area contributed by atoms with E-state index in [0.717, 1.165) is 0 Å². The molecule has 0 fully saturated rings. The summed E-state index contributed by atoms with van der Waals surface area (Å²) in [6, 6.07) is 4.58. The second kappa shape index (κ2) is 4.82. The van der Waals surface area contributed by atoms with Crippen molar-refractivity contribution in [3.63, 3.8) is 0 Å². The Bertz CT molecular complexity index is 469. The highest BCUT2D eigenvalue weighted by Gasteiger charge is 2.16. The molecule has 90 valence electrons. The van der Waals surface area contributed by atoms with Gasteiger partial charge in [-0.3, -0.25) is 0 Å². The predicted octanol–water partition coefficient (Wildman–Crippen LogP) is 0.236. The largest absolute Gasteiger partial charge is 0.399 e. The number of sulfonamides is 1. The standard InChI is InChI=1S/C10H16N2O3S/c1-7-5-9(11)3-4-10(7)16(14,15)12-6-8(2)13/h3-5,8,12-13H,6,11H2,1-2H3/t8-/m1/s1. The first kappa shape index (κ1) is 13.0. The van der Waals surface area contributed by atoms with Gasteiger partial charge in [0.2, 0.25) is 10.0 Å². The molecule has 1 rings (SSSR count). The molecule has 6 heteroatoms. The summed E-state index contributed by atoms with van der Waals surface area (Å²) in [4.78, 5) is 0.183. The highest BCUT2D eigenvalue weighted by molar-refractivity contribution is 7.89. The van der Waals surface area contributed by atoms with E-state index in [1.807, 2.05) is 0 Å². The van der Waals surface area contributed by atoms with Gasteiger partial charge in [0.05, 0.1) is 11.0 Å². The highest BCUT2D eigenvalue weighted by atomic mass is 32.2. The van der Waals surface area contributed by atoms with E-state index < -0.39 is 16.1 Å². The molecule has 0 aliphatic heterocycles. The molecule has 1 atom stereocenters. The average Bonchev–Trinajstić information content (AvgIpc) is 2.14. The fourth-order valence-corrected chi connectivity index (χ4v) is 2.63. The number of anilines is 1. The van der Waals surface area contributed by atoms with Crippen molar-refractivity contribution in [3.8, 4) is 0 Å². The van der Waals surface area contributed by atoms with Crippen LogP contribution in [0, 0.1) is 6.92 Å². The van der Waals surface area contributed by atoms with Crippen molar-refractivity contribution in [3.05, 3.63) is 23.8 Å². The maximum Gasteiger partial charge on any atom is 0.240 e. The quantitative estimate of drug-likeness (QED) is 0.661. The molecule has 1 aromatic carbocycles. The molecule has 5 nitrogen and oxygen atoms in total. The Morgan fingerprint density at radius 1 is 1.50 bits per heavy atom. The van der Waals surface area contributed by atoms with Crippen LogP contribution in [0.4, 0.5) is 5.69 Å². The van der Waals surface area contributed by atoms with Gasteiger partial charge in [0.1, 0.15) is 0 Å². The summed E-state index contributed by atoms with van der Waals surface area (Å²) in [6.45, 7) is 3.18. The number of aliphatic hydroxyl groups is 1. The van der Waals surface area contributed by atoms with E-state index in [2.05, 4.69) is 4.72 Å². The van der Waals surface area contributed by atoms with Crippen LogP contribution in [0.25, 0.3) is 0 Å². The summed E-state index contributed by atoms with van der Waals surface area (Å²) in [7, 11) is -3.57. The highest BCUT2D eigenvalue weighted by Crippen LogP contribution is 2.17. The predicted molar refractivity (Wildman–Crippen MR) is 62.5 cm³/mol. The number of rotatable bonds is 4. The van der Waals surface area contributed by atoms with Crippen molar-refractivity contribution >= 4 is 15.7 Å². The first-order chi connectivity index (χ1) is 7.33. The minimum Gasteiger partial charge on any atom is -0.399 e. The Hall–Kier alpha value is -1.11. The molecule has 0 aliphatic rings. The zero-order valence-corrected chi connectivity index (χ0v) is 10.1. The van der Waals surface area contributed by atoms with E-state index in [0.29, 0.717) is 11.3 Å². The van der Waals surface area contributed by atoms with Crippen molar-refractivity contribution in [1.82, 2.24) is 4.72 Å². The van der Waals surface area contributed by atoms with Gasteiger partial charge in [-0.2, -0.15) is 0 Å². The van der Waals surface area contributed by atoms with E-state index in [-0.39, 0.29) is 11.4 Å². The summed E-state index contributed by atoms with van der Waals surface area (Å²) < 4.78 is 25.9. The van der Waals surface area contributed by atoms with E-state index in [1.54, 1.807) is 13.0 Å². The molecule has 0 saturated heterocycles. The summed E-state index contributed by atoms with van der Waals surface area (Å²) in [5.41, 5.74) is 6.64. The zero-order valence-electron chi connectivity index (χ0n) is 9.27. The molecule has 1 aromatic rings. The molecule has 0 radical (unpaired) electrons. The lowest BCUT2D eigenvalue weighted by molar-refractivity contribution is 0.198. The molecule has 16 heavy (non-hydrogen) atoms. The SMILES string of the molecule is Cc1cc(N)ccc1S(=O)(=O)NC[C@@H](C)O. The third-order valence-electron chi connectivity index (χ3n) is 2.06. The van der Waals surface area contributed by atoms with Crippen molar-refractivity contribution in [2.45, 2.75) is 24.8 Å². The molecule has 0 bridgehead atoms. The second-order valence-electron chi connectivity index (χ2n) is 3.73. The summed E-state index contributed by atoms with van der Waals surface area (Å²) in [5.74, 6) is 0. The minimum absolute atomic E-state index is 0.00779. The zero-order chi connectivity index (χ0) is 12.3. The fraction of sp³-hybridized carbons (Fsp3) is 0.400. The van der Waals surface area contributed by atoms with Gasteiger partial charge in [0.15, 0.2) is 0 Å². The first-order valence-electron chi connectivity index (χ1n) is 4.87. The van der Waals surface area contributed by atoms with Gasteiger partial charge in [-0.05, 0) is 37.6 Å². The van der Waals surface area contributed by atoms with E-state index in [9.17, 15) is 8.42 Å². The Labute approximate surface area is 95.3 Å². The van der Waals surface area contributed by atoms with Crippen LogP contribution in [0.1, 0.15) is 12.5 Å². The maximum absolute atomic E-state index is 11.8. The van der Waals surface area contributed by atoms with Crippen LogP contribution in [0.5, 0.6) is 0 Å². The number of aryl methyl sites for hydroxylation is 1. The summed E-state index contributed by atoms with van der Waals surface area (Å²) in [5, 5.41) is 9.03. The molecular formula is C10H16N2O3S. The lowest BCUT2D eigenvalue weighted by Crippen LogP contribution is -2.31.